The first kappa shape index (κ1) is 15.4. The molecule has 0 fully saturated rings. The van der Waals surface area contributed by atoms with Gasteiger partial charge in [-0.2, -0.15) is 0 Å². The second-order valence-electron chi connectivity index (χ2n) is 5.52. The standard InChI is InChI=1S/C16H22N2O3/c1-5-11(3)17-16(20)12(4)18-13-8-10(2)6-7-14(13)21-9-15(18)19/h6-8,11-12H,5,9H2,1-4H3,(H,17,20). The molecule has 1 aromatic carbocycles. The van der Waals surface area contributed by atoms with Crippen molar-refractivity contribution in [2.24, 2.45) is 0 Å². The number of amides is 2. The summed E-state index contributed by atoms with van der Waals surface area (Å²) in [5.74, 6) is 0.301. The Morgan fingerprint density at radius 3 is 2.81 bits per heavy atom. The fourth-order valence-electron chi connectivity index (χ4n) is 2.29. The smallest absolute Gasteiger partial charge is 0.265 e. The van der Waals surface area contributed by atoms with Crippen LogP contribution < -0.4 is 15.0 Å². The van der Waals surface area contributed by atoms with E-state index in [4.69, 9.17) is 4.74 Å². The lowest BCUT2D eigenvalue weighted by Crippen LogP contribution is -2.52. The average molecular weight is 290 g/mol. The van der Waals surface area contributed by atoms with Crippen molar-refractivity contribution in [3.05, 3.63) is 23.8 Å². The summed E-state index contributed by atoms with van der Waals surface area (Å²) in [6.07, 6.45) is 0.852. The lowest BCUT2D eigenvalue weighted by Gasteiger charge is -2.34. The second-order valence-corrected chi connectivity index (χ2v) is 5.52. The molecule has 0 spiro atoms. The number of fused-ring (bicyclic) bond motifs is 1. The number of hydrogen-bond donors (Lipinski definition) is 1. The summed E-state index contributed by atoms with van der Waals surface area (Å²) in [6.45, 7) is 7.61. The van der Waals surface area contributed by atoms with E-state index in [-0.39, 0.29) is 24.5 Å². The van der Waals surface area contributed by atoms with Gasteiger partial charge in [0.1, 0.15) is 11.8 Å². The van der Waals surface area contributed by atoms with Crippen molar-refractivity contribution in [2.45, 2.75) is 46.2 Å². The number of carbonyl (C=O) groups excluding carboxylic acids is 2. The van der Waals surface area contributed by atoms with Gasteiger partial charge in [0.25, 0.3) is 5.91 Å². The molecule has 5 heteroatoms. The first-order valence-corrected chi connectivity index (χ1v) is 7.30. The average Bonchev–Trinajstić information content (AvgIpc) is 2.46. The number of hydrogen-bond acceptors (Lipinski definition) is 3. The lowest BCUT2D eigenvalue weighted by molar-refractivity contribution is -0.127. The summed E-state index contributed by atoms with van der Waals surface area (Å²) in [4.78, 5) is 26.0. The molecule has 21 heavy (non-hydrogen) atoms. The molecule has 0 aliphatic carbocycles. The highest BCUT2D eigenvalue weighted by molar-refractivity contribution is 6.03. The van der Waals surface area contributed by atoms with E-state index in [1.807, 2.05) is 39.0 Å². The summed E-state index contributed by atoms with van der Waals surface area (Å²) < 4.78 is 5.43. The minimum atomic E-state index is -0.559. The SMILES string of the molecule is CCC(C)NC(=O)C(C)N1C(=O)COc2ccc(C)cc21. The van der Waals surface area contributed by atoms with Crippen molar-refractivity contribution in [3.8, 4) is 5.75 Å². The molecule has 1 aromatic rings. The molecule has 5 nitrogen and oxygen atoms in total. The maximum Gasteiger partial charge on any atom is 0.265 e. The van der Waals surface area contributed by atoms with Crippen LogP contribution in [0.25, 0.3) is 0 Å². The van der Waals surface area contributed by atoms with Crippen LogP contribution in [0.5, 0.6) is 5.75 Å². The number of rotatable bonds is 4. The van der Waals surface area contributed by atoms with Crippen LogP contribution in [-0.4, -0.2) is 30.5 Å². The molecule has 1 aliphatic heterocycles. The van der Waals surface area contributed by atoms with Gasteiger partial charge in [0.05, 0.1) is 5.69 Å². The van der Waals surface area contributed by atoms with Gasteiger partial charge >= 0.3 is 0 Å². The predicted octanol–water partition coefficient (Wildman–Crippen LogP) is 2.02. The van der Waals surface area contributed by atoms with Crippen molar-refractivity contribution >= 4 is 17.5 Å². The molecule has 2 rings (SSSR count). The minimum Gasteiger partial charge on any atom is -0.482 e. The van der Waals surface area contributed by atoms with Gasteiger partial charge in [-0.3, -0.25) is 14.5 Å². The first-order valence-electron chi connectivity index (χ1n) is 7.30. The van der Waals surface area contributed by atoms with Gasteiger partial charge in [-0.05, 0) is 44.9 Å². The maximum atomic E-state index is 12.3. The largest absolute Gasteiger partial charge is 0.482 e. The van der Waals surface area contributed by atoms with Crippen LogP contribution >= 0.6 is 0 Å². The molecule has 1 aliphatic rings. The molecule has 0 bridgehead atoms. The van der Waals surface area contributed by atoms with E-state index in [0.717, 1.165) is 12.0 Å². The first-order chi connectivity index (χ1) is 9.93. The minimum absolute atomic E-state index is 0.0307. The molecule has 0 saturated carbocycles. The number of nitrogens with zero attached hydrogens (tertiary/aromatic N) is 1. The third-order valence-electron chi connectivity index (χ3n) is 3.76. The monoisotopic (exact) mass is 290 g/mol. The molecule has 0 aromatic heterocycles. The molecule has 2 amide bonds. The highest BCUT2D eigenvalue weighted by atomic mass is 16.5. The Kier molecular flexibility index (Phi) is 4.50. The van der Waals surface area contributed by atoms with Gasteiger partial charge in [-0.15, -0.1) is 0 Å². The number of aryl methyl sites for hydroxylation is 1. The molecule has 0 radical (unpaired) electrons. The fourth-order valence-corrected chi connectivity index (χ4v) is 2.29. The van der Waals surface area contributed by atoms with Crippen LogP contribution in [0.4, 0.5) is 5.69 Å². The van der Waals surface area contributed by atoms with Crippen molar-refractivity contribution in [1.82, 2.24) is 5.32 Å². The van der Waals surface area contributed by atoms with Gasteiger partial charge < -0.3 is 10.1 Å². The number of carbonyl (C=O) groups is 2. The summed E-state index contributed by atoms with van der Waals surface area (Å²) in [7, 11) is 0. The maximum absolute atomic E-state index is 12.3. The lowest BCUT2D eigenvalue weighted by atomic mass is 10.1. The molecule has 1 heterocycles. The zero-order valence-electron chi connectivity index (χ0n) is 13.0. The van der Waals surface area contributed by atoms with Crippen molar-refractivity contribution in [3.63, 3.8) is 0 Å². The highest BCUT2D eigenvalue weighted by Gasteiger charge is 2.33. The molecular formula is C16H22N2O3. The summed E-state index contributed by atoms with van der Waals surface area (Å²) in [6, 6.07) is 5.17. The number of ether oxygens (including phenoxy) is 1. The summed E-state index contributed by atoms with van der Waals surface area (Å²) in [5.41, 5.74) is 1.68. The number of benzene rings is 1. The zero-order valence-corrected chi connectivity index (χ0v) is 13.0. The van der Waals surface area contributed by atoms with Crippen molar-refractivity contribution in [2.75, 3.05) is 11.5 Å². The number of nitrogens with one attached hydrogen (secondary N) is 1. The Bertz CT molecular complexity index is 556. The Labute approximate surface area is 125 Å². The third-order valence-corrected chi connectivity index (χ3v) is 3.76. The Morgan fingerprint density at radius 2 is 2.14 bits per heavy atom. The van der Waals surface area contributed by atoms with Crippen LogP contribution in [0.15, 0.2) is 18.2 Å². The van der Waals surface area contributed by atoms with E-state index in [1.165, 1.54) is 4.90 Å². The van der Waals surface area contributed by atoms with Crippen LogP contribution in [0.3, 0.4) is 0 Å². The van der Waals surface area contributed by atoms with Gasteiger partial charge in [-0.1, -0.05) is 13.0 Å². The van der Waals surface area contributed by atoms with E-state index in [1.54, 1.807) is 6.92 Å². The normalized spacial score (nSPS) is 16.8. The molecule has 1 N–H and O–H groups in total. The second kappa shape index (κ2) is 6.16. The third kappa shape index (κ3) is 3.17. The van der Waals surface area contributed by atoms with Gasteiger partial charge in [0, 0.05) is 6.04 Å². The van der Waals surface area contributed by atoms with E-state index in [9.17, 15) is 9.59 Å². The quantitative estimate of drug-likeness (QED) is 0.923. The molecule has 114 valence electrons. The van der Waals surface area contributed by atoms with Crippen molar-refractivity contribution in [1.29, 1.82) is 0 Å². The Balaban J connectivity index is 2.28. The van der Waals surface area contributed by atoms with Crippen molar-refractivity contribution < 1.29 is 14.3 Å². The van der Waals surface area contributed by atoms with Gasteiger partial charge in [-0.25, -0.2) is 0 Å². The summed E-state index contributed by atoms with van der Waals surface area (Å²) >= 11 is 0. The van der Waals surface area contributed by atoms with E-state index in [2.05, 4.69) is 5.32 Å². The molecule has 2 unspecified atom stereocenters. The Morgan fingerprint density at radius 1 is 1.43 bits per heavy atom. The van der Waals surface area contributed by atoms with E-state index in [0.29, 0.717) is 11.4 Å². The molecule has 0 saturated heterocycles. The van der Waals surface area contributed by atoms with E-state index >= 15 is 0 Å². The fraction of sp³-hybridized carbons (Fsp3) is 0.500. The van der Waals surface area contributed by atoms with Crippen LogP contribution in [-0.2, 0) is 9.59 Å². The van der Waals surface area contributed by atoms with Gasteiger partial charge in [0.15, 0.2) is 6.61 Å². The highest BCUT2D eigenvalue weighted by Crippen LogP contribution is 2.34. The van der Waals surface area contributed by atoms with Gasteiger partial charge in [0.2, 0.25) is 5.91 Å². The van der Waals surface area contributed by atoms with Crippen LogP contribution in [0.1, 0.15) is 32.8 Å². The molecular weight excluding hydrogens is 268 g/mol. The number of anilines is 1. The summed E-state index contributed by atoms with van der Waals surface area (Å²) in [5, 5.41) is 2.92. The predicted molar refractivity (Wildman–Crippen MR) is 81.5 cm³/mol. The van der Waals surface area contributed by atoms with E-state index < -0.39 is 6.04 Å². The topological polar surface area (TPSA) is 58.6 Å². The van der Waals surface area contributed by atoms with Crippen LogP contribution in [0, 0.1) is 6.92 Å². The molecule has 2 atom stereocenters. The zero-order chi connectivity index (χ0) is 15.6. The Hall–Kier alpha value is -2.04. The van der Waals surface area contributed by atoms with Crippen LogP contribution in [0.2, 0.25) is 0 Å².